The minimum atomic E-state index is -3.58. The standard InChI is InChI=1S/C9H13NO3S/c1-2-13-14(11,12)9-5-3-8(7-10)4-6-9/h3-6H,2,7,10H2,1H3. The first-order valence-electron chi connectivity index (χ1n) is 4.28. The van der Waals surface area contributed by atoms with Gasteiger partial charge in [-0.15, -0.1) is 0 Å². The summed E-state index contributed by atoms with van der Waals surface area (Å²) in [5.41, 5.74) is 6.28. The van der Waals surface area contributed by atoms with Gasteiger partial charge in [0.15, 0.2) is 0 Å². The van der Waals surface area contributed by atoms with Crippen LogP contribution in [0.5, 0.6) is 0 Å². The fraction of sp³-hybridized carbons (Fsp3) is 0.333. The lowest BCUT2D eigenvalue weighted by Crippen LogP contribution is -2.06. The lowest BCUT2D eigenvalue weighted by Gasteiger charge is -2.03. The van der Waals surface area contributed by atoms with Crippen molar-refractivity contribution in [3.8, 4) is 0 Å². The Hall–Kier alpha value is -0.910. The van der Waals surface area contributed by atoms with Crippen LogP contribution in [-0.2, 0) is 20.8 Å². The molecule has 0 aromatic heterocycles. The molecule has 0 saturated carbocycles. The summed E-state index contributed by atoms with van der Waals surface area (Å²) in [4.78, 5) is 0.163. The van der Waals surface area contributed by atoms with Gasteiger partial charge in [0.1, 0.15) is 0 Å². The lowest BCUT2D eigenvalue weighted by molar-refractivity contribution is 0.338. The largest absolute Gasteiger partial charge is 0.326 e. The molecule has 0 atom stereocenters. The van der Waals surface area contributed by atoms with E-state index in [1.165, 1.54) is 12.1 Å². The Balaban J connectivity index is 2.97. The zero-order chi connectivity index (χ0) is 10.6. The smallest absolute Gasteiger partial charge is 0.296 e. The molecule has 0 fully saturated rings. The van der Waals surface area contributed by atoms with Gasteiger partial charge in [-0.2, -0.15) is 8.42 Å². The second-order valence-electron chi connectivity index (χ2n) is 2.71. The molecule has 0 radical (unpaired) electrons. The first kappa shape index (κ1) is 11.2. The van der Waals surface area contributed by atoms with Crippen molar-refractivity contribution in [3.05, 3.63) is 29.8 Å². The number of hydrogen-bond acceptors (Lipinski definition) is 4. The zero-order valence-electron chi connectivity index (χ0n) is 7.93. The minimum absolute atomic E-state index is 0.140. The van der Waals surface area contributed by atoms with Crippen molar-refractivity contribution < 1.29 is 12.6 Å². The first-order chi connectivity index (χ1) is 6.60. The summed E-state index contributed by atoms with van der Waals surface area (Å²) in [5, 5.41) is 0. The van der Waals surface area contributed by atoms with Crippen LogP contribution in [0.25, 0.3) is 0 Å². The molecule has 0 aliphatic rings. The molecule has 1 aromatic rings. The average molecular weight is 215 g/mol. The van der Waals surface area contributed by atoms with Crippen molar-refractivity contribution in [1.82, 2.24) is 0 Å². The van der Waals surface area contributed by atoms with Crippen LogP contribution in [0.2, 0.25) is 0 Å². The van der Waals surface area contributed by atoms with Gasteiger partial charge in [0, 0.05) is 6.54 Å². The first-order valence-corrected chi connectivity index (χ1v) is 5.69. The normalized spacial score (nSPS) is 11.6. The van der Waals surface area contributed by atoms with Crippen LogP contribution in [0.1, 0.15) is 12.5 Å². The summed E-state index contributed by atoms with van der Waals surface area (Å²) in [6.45, 7) is 2.17. The van der Waals surface area contributed by atoms with Crippen LogP contribution in [0.15, 0.2) is 29.2 Å². The molecule has 0 heterocycles. The highest BCUT2D eigenvalue weighted by Crippen LogP contribution is 2.12. The number of rotatable bonds is 4. The van der Waals surface area contributed by atoms with Crippen LogP contribution < -0.4 is 5.73 Å². The highest BCUT2D eigenvalue weighted by Gasteiger charge is 2.13. The van der Waals surface area contributed by atoms with Crippen LogP contribution in [0.3, 0.4) is 0 Å². The fourth-order valence-corrected chi connectivity index (χ4v) is 1.93. The third-order valence-corrected chi connectivity index (χ3v) is 3.12. The Labute approximate surface area is 83.8 Å². The highest BCUT2D eigenvalue weighted by molar-refractivity contribution is 7.86. The van der Waals surface area contributed by atoms with Crippen molar-refractivity contribution in [2.24, 2.45) is 5.73 Å². The summed E-state index contributed by atoms with van der Waals surface area (Å²) >= 11 is 0. The second kappa shape index (κ2) is 4.54. The van der Waals surface area contributed by atoms with Crippen molar-refractivity contribution in [2.75, 3.05) is 6.61 Å². The second-order valence-corrected chi connectivity index (χ2v) is 4.32. The van der Waals surface area contributed by atoms with Gasteiger partial charge < -0.3 is 5.73 Å². The Morgan fingerprint density at radius 1 is 1.29 bits per heavy atom. The Morgan fingerprint density at radius 2 is 1.86 bits per heavy atom. The Bertz CT molecular complexity index is 383. The van der Waals surface area contributed by atoms with Crippen LogP contribution in [-0.4, -0.2) is 15.0 Å². The van der Waals surface area contributed by atoms with E-state index in [1.54, 1.807) is 19.1 Å². The average Bonchev–Trinajstić information content (AvgIpc) is 2.18. The molecule has 0 amide bonds. The maximum Gasteiger partial charge on any atom is 0.296 e. The summed E-state index contributed by atoms with van der Waals surface area (Å²) in [5.74, 6) is 0. The van der Waals surface area contributed by atoms with Crippen molar-refractivity contribution in [2.45, 2.75) is 18.4 Å². The molecule has 0 unspecified atom stereocenters. The maximum absolute atomic E-state index is 11.4. The van der Waals surface area contributed by atoms with Gasteiger partial charge in [0.2, 0.25) is 0 Å². The predicted octanol–water partition coefficient (Wildman–Crippen LogP) is 0.871. The summed E-state index contributed by atoms with van der Waals surface area (Å²) in [6, 6.07) is 6.33. The van der Waals surface area contributed by atoms with E-state index < -0.39 is 10.1 Å². The molecule has 78 valence electrons. The summed E-state index contributed by atoms with van der Waals surface area (Å²) in [7, 11) is -3.58. The predicted molar refractivity (Wildman–Crippen MR) is 53.1 cm³/mol. The SMILES string of the molecule is CCOS(=O)(=O)c1ccc(CN)cc1. The van der Waals surface area contributed by atoms with Gasteiger partial charge in [-0.1, -0.05) is 12.1 Å². The topological polar surface area (TPSA) is 69.4 Å². The third-order valence-electron chi connectivity index (χ3n) is 1.72. The zero-order valence-corrected chi connectivity index (χ0v) is 8.75. The van der Waals surface area contributed by atoms with Crippen LogP contribution in [0.4, 0.5) is 0 Å². The van der Waals surface area contributed by atoms with Crippen LogP contribution >= 0.6 is 0 Å². The lowest BCUT2D eigenvalue weighted by atomic mass is 10.2. The summed E-state index contributed by atoms with van der Waals surface area (Å²) < 4.78 is 27.4. The van der Waals surface area contributed by atoms with E-state index in [0.717, 1.165) is 5.56 Å². The summed E-state index contributed by atoms with van der Waals surface area (Å²) in [6.07, 6.45) is 0. The van der Waals surface area contributed by atoms with E-state index in [1.807, 2.05) is 0 Å². The molecule has 0 aliphatic carbocycles. The molecule has 0 spiro atoms. The number of benzene rings is 1. The van der Waals surface area contributed by atoms with E-state index in [4.69, 9.17) is 5.73 Å². The van der Waals surface area contributed by atoms with E-state index in [0.29, 0.717) is 6.54 Å². The Kier molecular flexibility index (Phi) is 3.62. The van der Waals surface area contributed by atoms with Crippen LogP contribution in [0, 0.1) is 0 Å². The molecular formula is C9H13NO3S. The number of hydrogen-bond donors (Lipinski definition) is 1. The molecular weight excluding hydrogens is 202 g/mol. The monoisotopic (exact) mass is 215 g/mol. The Morgan fingerprint density at radius 3 is 2.29 bits per heavy atom. The third kappa shape index (κ3) is 2.54. The van der Waals surface area contributed by atoms with E-state index in [9.17, 15) is 8.42 Å². The molecule has 2 N–H and O–H groups in total. The molecule has 1 aromatic carbocycles. The molecule has 4 nitrogen and oxygen atoms in total. The quantitative estimate of drug-likeness (QED) is 0.757. The van der Waals surface area contributed by atoms with Gasteiger partial charge >= 0.3 is 0 Å². The van der Waals surface area contributed by atoms with Gasteiger partial charge in [0.05, 0.1) is 11.5 Å². The van der Waals surface area contributed by atoms with Gasteiger partial charge in [-0.3, -0.25) is 4.18 Å². The fourth-order valence-electron chi connectivity index (χ4n) is 1.02. The molecule has 0 bridgehead atoms. The van der Waals surface area contributed by atoms with Gasteiger partial charge in [-0.05, 0) is 24.6 Å². The van der Waals surface area contributed by atoms with Gasteiger partial charge in [0.25, 0.3) is 10.1 Å². The molecule has 0 saturated heterocycles. The van der Waals surface area contributed by atoms with Crippen molar-refractivity contribution in [3.63, 3.8) is 0 Å². The van der Waals surface area contributed by atoms with Crippen molar-refractivity contribution in [1.29, 1.82) is 0 Å². The van der Waals surface area contributed by atoms with Crippen molar-refractivity contribution >= 4 is 10.1 Å². The molecule has 1 rings (SSSR count). The maximum atomic E-state index is 11.4. The molecule has 0 aliphatic heterocycles. The van der Waals surface area contributed by atoms with E-state index in [2.05, 4.69) is 4.18 Å². The van der Waals surface area contributed by atoms with E-state index in [-0.39, 0.29) is 11.5 Å². The molecule has 14 heavy (non-hydrogen) atoms. The minimum Gasteiger partial charge on any atom is -0.326 e. The number of nitrogens with two attached hydrogens (primary N) is 1. The van der Waals surface area contributed by atoms with E-state index >= 15 is 0 Å². The van der Waals surface area contributed by atoms with Gasteiger partial charge in [-0.25, -0.2) is 0 Å². The molecule has 5 heteroatoms. The highest BCUT2D eigenvalue weighted by atomic mass is 32.2.